The molecule has 0 heterocycles. The number of halogens is 1. The number of fused-ring (bicyclic) bond motifs is 10. The fraction of sp³-hybridized carbons (Fsp3) is 0.0323. The fourth-order valence-corrected chi connectivity index (χ4v) is 6.02. The quantitative estimate of drug-likeness (QED) is 0.287. The molecule has 0 bridgehead atoms. The first-order valence-corrected chi connectivity index (χ1v) is 11.1. The third kappa shape index (κ3) is 2.20. The maximum atomic E-state index is 14.7. The van der Waals surface area contributed by atoms with Gasteiger partial charge in [-0.2, -0.15) is 0 Å². The predicted molar refractivity (Wildman–Crippen MR) is 130 cm³/mol. The molecule has 0 unspecified atom stereocenters. The third-order valence-corrected chi connectivity index (χ3v) is 7.28. The molecule has 0 radical (unpaired) electrons. The molecule has 0 saturated carbocycles. The minimum atomic E-state index is -0.510. The molecule has 2 aliphatic carbocycles. The Morgan fingerprint density at radius 2 is 0.909 bits per heavy atom. The summed E-state index contributed by atoms with van der Waals surface area (Å²) >= 11 is 0. The molecule has 0 fully saturated rings. The number of phenolic OH excluding ortho intramolecular Hbond substituents is 1. The Kier molecular flexibility index (Phi) is 3.58. The van der Waals surface area contributed by atoms with E-state index in [4.69, 9.17) is 0 Å². The summed E-state index contributed by atoms with van der Waals surface area (Å²) in [5.74, 6) is -0.252. The Morgan fingerprint density at radius 3 is 1.45 bits per heavy atom. The zero-order valence-corrected chi connectivity index (χ0v) is 17.7. The molecule has 2 heteroatoms. The Balaban J connectivity index is 1.63. The van der Waals surface area contributed by atoms with Gasteiger partial charge in [-0.3, -0.25) is 0 Å². The van der Waals surface area contributed by atoms with E-state index < -0.39 is 5.41 Å². The maximum absolute atomic E-state index is 14.7. The van der Waals surface area contributed by atoms with Crippen LogP contribution in [-0.2, 0) is 5.41 Å². The number of aromatic hydroxyl groups is 1. The van der Waals surface area contributed by atoms with Crippen LogP contribution >= 0.6 is 0 Å². The smallest absolute Gasteiger partial charge is 0.131 e. The van der Waals surface area contributed by atoms with Gasteiger partial charge < -0.3 is 5.11 Å². The Morgan fingerprint density at radius 1 is 0.455 bits per heavy atom. The Hall–Kier alpha value is -4.17. The van der Waals surface area contributed by atoms with Crippen LogP contribution < -0.4 is 0 Å². The predicted octanol–water partition coefficient (Wildman–Crippen LogP) is 7.54. The van der Waals surface area contributed by atoms with Crippen molar-refractivity contribution in [2.24, 2.45) is 0 Å². The number of hydrogen-bond acceptors (Lipinski definition) is 1. The average Bonchev–Trinajstić information content (AvgIpc) is 3.31. The topological polar surface area (TPSA) is 20.2 Å². The fourth-order valence-electron chi connectivity index (χ4n) is 6.02. The Bertz CT molecular complexity index is 1550. The summed E-state index contributed by atoms with van der Waals surface area (Å²) in [6, 6.07) is 35.9. The van der Waals surface area contributed by atoms with Crippen molar-refractivity contribution >= 4 is 0 Å². The van der Waals surface area contributed by atoms with Gasteiger partial charge in [-0.15, -0.1) is 0 Å². The minimum Gasteiger partial charge on any atom is -0.507 e. The minimum absolute atomic E-state index is 0.0906. The molecule has 2 aliphatic rings. The van der Waals surface area contributed by atoms with Gasteiger partial charge in [0.15, 0.2) is 0 Å². The van der Waals surface area contributed by atoms with Gasteiger partial charge in [-0.05, 0) is 62.7 Å². The second-order valence-corrected chi connectivity index (χ2v) is 8.78. The highest BCUT2D eigenvalue weighted by atomic mass is 19.1. The van der Waals surface area contributed by atoms with Crippen molar-refractivity contribution in [2.75, 3.05) is 0 Å². The summed E-state index contributed by atoms with van der Waals surface area (Å²) in [5, 5.41) is 11.2. The van der Waals surface area contributed by atoms with Crippen LogP contribution in [0.1, 0.15) is 22.3 Å². The number of benzene rings is 5. The lowest BCUT2D eigenvalue weighted by molar-refractivity contribution is 0.475. The van der Waals surface area contributed by atoms with Crippen molar-refractivity contribution in [2.45, 2.75) is 5.41 Å². The molecule has 5 aromatic carbocycles. The number of hydrogen-bond donors (Lipinski definition) is 1. The maximum Gasteiger partial charge on any atom is 0.131 e. The number of phenols is 1. The molecule has 5 aromatic rings. The normalized spacial score (nSPS) is 14.0. The summed E-state index contributed by atoms with van der Waals surface area (Å²) in [5.41, 5.74) is 9.67. The monoisotopic (exact) mass is 426 g/mol. The molecule has 0 amide bonds. The lowest BCUT2D eigenvalue weighted by Crippen LogP contribution is -2.25. The van der Waals surface area contributed by atoms with Gasteiger partial charge in [-0.1, -0.05) is 91.0 Å². The van der Waals surface area contributed by atoms with Crippen LogP contribution in [-0.4, -0.2) is 5.11 Å². The molecule has 0 saturated heterocycles. The van der Waals surface area contributed by atoms with Crippen molar-refractivity contribution < 1.29 is 9.50 Å². The highest BCUT2D eigenvalue weighted by molar-refractivity contribution is 5.96. The van der Waals surface area contributed by atoms with Crippen molar-refractivity contribution in [3.05, 3.63) is 137 Å². The van der Waals surface area contributed by atoms with Gasteiger partial charge in [-0.25, -0.2) is 4.39 Å². The number of rotatable bonds is 1. The third-order valence-electron chi connectivity index (χ3n) is 7.28. The van der Waals surface area contributed by atoms with E-state index in [1.54, 1.807) is 18.2 Å². The first-order valence-electron chi connectivity index (χ1n) is 11.1. The summed E-state index contributed by atoms with van der Waals surface area (Å²) in [7, 11) is 0. The van der Waals surface area contributed by atoms with Crippen molar-refractivity contribution in [1.29, 1.82) is 0 Å². The molecule has 1 N–H and O–H groups in total. The van der Waals surface area contributed by atoms with E-state index in [1.807, 2.05) is 18.2 Å². The van der Waals surface area contributed by atoms with E-state index in [0.29, 0.717) is 11.1 Å². The van der Waals surface area contributed by atoms with E-state index in [0.717, 1.165) is 16.7 Å². The van der Waals surface area contributed by atoms with Gasteiger partial charge in [0.25, 0.3) is 0 Å². The summed E-state index contributed by atoms with van der Waals surface area (Å²) in [6.45, 7) is 0. The summed E-state index contributed by atoms with van der Waals surface area (Å²) < 4.78 is 14.7. The van der Waals surface area contributed by atoms with Crippen LogP contribution in [0.3, 0.4) is 0 Å². The zero-order valence-electron chi connectivity index (χ0n) is 17.7. The Labute approximate surface area is 191 Å². The molecule has 33 heavy (non-hydrogen) atoms. The van der Waals surface area contributed by atoms with E-state index in [9.17, 15) is 9.50 Å². The van der Waals surface area contributed by atoms with Gasteiger partial charge in [0.2, 0.25) is 0 Å². The van der Waals surface area contributed by atoms with E-state index in [-0.39, 0.29) is 11.6 Å². The lowest BCUT2D eigenvalue weighted by Gasteiger charge is -2.30. The second-order valence-electron chi connectivity index (χ2n) is 8.78. The average molecular weight is 426 g/mol. The summed E-state index contributed by atoms with van der Waals surface area (Å²) in [4.78, 5) is 0. The zero-order chi connectivity index (χ0) is 22.2. The SMILES string of the molecule is Oc1cc2c(cc1-c1ccccc1F)-c1ccccc1C21c2ccccc2-c2ccccc21. The molecule has 156 valence electrons. The van der Waals surface area contributed by atoms with E-state index in [1.165, 1.54) is 33.9 Å². The van der Waals surface area contributed by atoms with E-state index >= 15 is 0 Å². The van der Waals surface area contributed by atoms with Crippen LogP contribution in [0.2, 0.25) is 0 Å². The molecule has 0 aromatic heterocycles. The molecule has 7 rings (SSSR count). The molecule has 0 atom stereocenters. The van der Waals surface area contributed by atoms with Gasteiger partial charge in [0.05, 0.1) is 5.41 Å². The largest absolute Gasteiger partial charge is 0.507 e. The second kappa shape index (κ2) is 6.43. The van der Waals surface area contributed by atoms with Gasteiger partial charge in [0.1, 0.15) is 11.6 Å². The van der Waals surface area contributed by atoms with Crippen LogP contribution in [0, 0.1) is 5.82 Å². The van der Waals surface area contributed by atoms with Crippen LogP contribution in [0.4, 0.5) is 4.39 Å². The van der Waals surface area contributed by atoms with Gasteiger partial charge >= 0.3 is 0 Å². The lowest BCUT2D eigenvalue weighted by atomic mass is 9.70. The molecule has 1 nitrogen and oxygen atoms in total. The van der Waals surface area contributed by atoms with Gasteiger partial charge in [0, 0.05) is 11.1 Å². The van der Waals surface area contributed by atoms with Crippen LogP contribution in [0.25, 0.3) is 33.4 Å². The molecule has 1 spiro atoms. The van der Waals surface area contributed by atoms with E-state index in [2.05, 4.69) is 66.7 Å². The van der Waals surface area contributed by atoms with Crippen molar-refractivity contribution in [1.82, 2.24) is 0 Å². The van der Waals surface area contributed by atoms with Crippen molar-refractivity contribution in [3.63, 3.8) is 0 Å². The standard InChI is InChI=1S/C31H19FO/c32-29-16-8-4-12-22(29)24-17-23-21-11-3-7-15-27(21)31(28(23)18-30(24)33)25-13-5-1-9-19(25)20-10-2-6-14-26(20)31/h1-18,33H. The molecular weight excluding hydrogens is 407 g/mol. The van der Waals surface area contributed by atoms with Crippen LogP contribution in [0.15, 0.2) is 109 Å². The highest BCUT2D eigenvalue weighted by Crippen LogP contribution is 2.63. The first-order chi connectivity index (χ1) is 16.2. The molecular formula is C31H19FO. The first kappa shape index (κ1) is 18.4. The van der Waals surface area contributed by atoms with Crippen molar-refractivity contribution in [3.8, 4) is 39.1 Å². The highest BCUT2D eigenvalue weighted by Gasteiger charge is 2.51. The summed E-state index contributed by atoms with van der Waals surface area (Å²) in [6.07, 6.45) is 0. The molecule has 0 aliphatic heterocycles. The van der Waals surface area contributed by atoms with Crippen LogP contribution in [0.5, 0.6) is 5.75 Å².